The maximum atomic E-state index is 12.8. The first-order valence-electron chi connectivity index (χ1n) is 9.45. The van der Waals surface area contributed by atoms with Crippen molar-refractivity contribution in [2.24, 2.45) is 0 Å². The summed E-state index contributed by atoms with van der Waals surface area (Å²) >= 11 is 0. The van der Waals surface area contributed by atoms with Crippen molar-refractivity contribution < 1.29 is 9.59 Å². The number of hydrogen-bond donors (Lipinski definition) is 1. The molecule has 0 unspecified atom stereocenters. The summed E-state index contributed by atoms with van der Waals surface area (Å²) in [5.74, 6) is -0.138. The lowest BCUT2D eigenvalue weighted by atomic mass is 10.1. The van der Waals surface area contributed by atoms with E-state index in [0.29, 0.717) is 17.8 Å². The SMILES string of the molecule is Cc1ccccc1CN(C)C(=O)Nc1cccc(C(=O)N(C)c2ccccc2)c1. The quantitative estimate of drug-likeness (QED) is 0.674. The van der Waals surface area contributed by atoms with E-state index in [-0.39, 0.29) is 11.9 Å². The second kappa shape index (κ2) is 9.06. The number of carbonyl (C=O) groups excluding carboxylic acids is 2. The molecule has 5 heteroatoms. The number of carbonyl (C=O) groups is 2. The zero-order chi connectivity index (χ0) is 20.8. The fourth-order valence-electron chi connectivity index (χ4n) is 3.03. The van der Waals surface area contributed by atoms with Gasteiger partial charge in [-0.25, -0.2) is 4.79 Å². The third-order valence-corrected chi connectivity index (χ3v) is 4.82. The van der Waals surface area contributed by atoms with Gasteiger partial charge in [-0.3, -0.25) is 4.79 Å². The van der Waals surface area contributed by atoms with Crippen molar-refractivity contribution >= 4 is 23.3 Å². The normalized spacial score (nSPS) is 10.3. The molecule has 0 aliphatic carbocycles. The van der Waals surface area contributed by atoms with Crippen LogP contribution in [0.5, 0.6) is 0 Å². The molecule has 0 bridgehead atoms. The minimum atomic E-state index is -0.228. The van der Waals surface area contributed by atoms with Crippen LogP contribution >= 0.6 is 0 Å². The van der Waals surface area contributed by atoms with Crippen LogP contribution in [0.1, 0.15) is 21.5 Å². The molecule has 1 N–H and O–H groups in total. The number of nitrogens with zero attached hydrogens (tertiary/aromatic N) is 2. The molecule has 0 heterocycles. The largest absolute Gasteiger partial charge is 0.323 e. The topological polar surface area (TPSA) is 52.7 Å². The molecular weight excluding hydrogens is 362 g/mol. The highest BCUT2D eigenvalue weighted by Gasteiger charge is 2.15. The van der Waals surface area contributed by atoms with Crippen molar-refractivity contribution in [2.75, 3.05) is 24.3 Å². The second-order valence-electron chi connectivity index (χ2n) is 6.99. The first-order chi connectivity index (χ1) is 14.0. The predicted octanol–water partition coefficient (Wildman–Crippen LogP) is 4.94. The number of hydrogen-bond acceptors (Lipinski definition) is 2. The minimum absolute atomic E-state index is 0.138. The fraction of sp³-hybridized carbons (Fsp3) is 0.167. The highest BCUT2D eigenvalue weighted by Crippen LogP contribution is 2.18. The third-order valence-electron chi connectivity index (χ3n) is 4.82. The Labute approximate surface area is 171 Å². The first-order valence-corrected chi connectivity index (χ1v) is 9.45. The van der Waals surface area contributed by atoms with E-state index in [1.807, 2.05) is 61.5 Å². The lowest BCUT2D eigenvalue weighted by Crippen LogP contribution is -2.31. The molecule has 0 radical (unpaired) electrons. The number of para-hydroxylation sites is 1. The molecule has 3 amide bonds. The van der Waals surface area contributed by atoms with E-state index in [0.717, 1.165) is 16.8 Å². The fourth-order valence-corrected chi connectivity index (χ4v) is 3.03. The maximum absolute atomic E-state index is 12.8. The van der Waals surface area contributed by atoms with E-state index < -0.39 is 0 Å². The van der Waals surface area contributed by atoms with E-state index in [4.69, 9.17) is 0 Å². The summed E-state index contributed by atoms with van der Waals surface area (Å²) in [4.78, 5) is 28.6. The molecular formula is C24H25N3O2. The molecule has 3 rings (SSSR count). The van der Waals surface area contributed by atoms with Crippen molar-refractivity contribution in [3.8, 4) is 0 Å². The first kappa shape index (κ1) is 20.1. The van der Waals surface area contributed by atoms with Crippen LogP contribution in [0, 0.1) is 6.92 Å². The molecule has 0 aliphatic rings. The Bertz CT molecular complexity index is 1000. The Kier molecular flexibility index (Phi) is 6.29. The Balaban J connectivity index is 1.68. The van der Waals surface area contributed by atoms with E-state index in [9.17, 15) is 9.59 Å². The lowest BCUT2D eigenvalue weighted by Gasteiger charge is -2.20. The van der Waals surface area contributed by atoms with Crippen molar-refractivity contribution in [2.45, 2.75) is 13.5 Å². The minimum Gasteiger partial charge on any atom is -0.323 e. The number of nitrogens with one attached hydrogen (secondary N) is 1. The Hall–Kier alpha value is -3.60. The van der Waals surface area contributed by atoms with Gasteiger partial charge in [0.1, 0.15) is 0 Å². The van der Waals surface area contributed by atoms with Gasteiger partial charge in [0, 0.05) is 37.6 Å². The molecule has 0 saturated carbocycles. The Morgan fingerprint density at radius 3 is 2.28 bits per heavy atom. The van der Waals surface area contributed by atoms with Crippen LogP contribution in [-0.4, -0.2) is 30.9 Å². The molecule has 0 aromatic heterocycles. The van der Waals surface area contributed by atoms with Gasteiger partial charge >= 0.3 is 6.03 Å². The van der Waals surface area contributed by atoms with Crippen LogP contribution in [0.3, 0.4) is 0 Å². The number of urea groups is 1. The summed E-state index contributed by atoms with van der Waals surface area (Å²) in [6.45, 7) is 2.53. The zero-order valence-electron chi connectivity index (χ0n) is 16.9. The molecule has 0 fully saturated rings. The number of aryl methyl sites for hydroxylation is 1. The maximum Gasteiger partial charge on any atom is 0.321 e. The van der Waals surface area contributed by atoms with E-state index in [2.05, 4.69) is 5.32 Å². The van der Waals surface area contributed by atoms with Crippen LogP contribution in [0.25, 0.3) is 0 Å². The van der Waals surface area contributed by atoms with Gasteiger partial charge in [-0.1, -0.05) is 48.5 Å². The standard InChI is InChI=1S/C24H25N3O2/c1-18-10-7-8-11-20(18)17-26(2)24(29)25-21-13-9-12-19(16-21)23(28)27(3)22-14-5-4-6-15-22/h4-16H,17H2,1-3H3,(H,25,29). The monoisotopic (exact) mass is 387 g/mol. The van der Waals surface area contributed by atoms with Crippen LogP contribution in [0.4, 0.5) is 16.2 Å². The Morgan fingerprint density at radius 2 is 1.55 bits per heavy atom. The summed E-state index contributed by atoms with van der Waals surface area (Å²) < 4.78 is 0. The molecule has 5 nitrogen and oxygen atoms in total. The summed E-state index contributed by atoms with van der Waals surface area (Å²) in [6, 6.07) is 24.2. The third kappa shape index (κ3) is 5.02. The smallest absolute Gasteiger partial charge is 0.321 e. The van der Waals surface area contributed by atoms with Gasteiger partial charge in [-0.05, 0) is 48.4 Å². The molecule has 0 saturated heterocycles. The van der Waals surface area contributed by atoms with E-state index >= 15 is 0 Å². The second-order valence-corrected chi connectivity index (χ2v) is 6.99. The highest BCUT2D eigenvalue weighted by atomic mass is 16.2. The van der Waals surface area contributed by atoms with Crippen molar-refractivity contribution in [1.29, 1.82) is 0 Å². The summed E-state index contributed by atoms with van der Waals surface area (Å²) in [7, 11) is 3.48. The van der Waals surface area contributed by atoms with Crippen molar-refractivity contribution in [3.05, 3.63) is 95.6 Å². The van der Waals surface area contributed by atoms with Gasteiger partial charge in [0.25, 0.3) is 5.91 Å². The van der Waals surface area contributed by atoms with Crippen LogP contribution in [0.2, 0.25) is 0 Å². The van der Waals surface area contributed by atoms with Gasteiger partial charge in [0.05, 0.1) is 0 Å². The van der Waals surface area contributed by atoms with E-state index in [1.165, 1.54) is 0 Å². The molecule has 29 heavy (non-hydrogen) atoms. The van der Waals surface area contributed by atoms with Crippen LogP contribution in [0.15, 0.2) is 78.9 Å². The molecule has 0 spiro atoms. The zero-order valence-corrected chi connectivity index (χ0v) is 16.9. The van der Waals surface area contributed by atoms with Gasteiger partial charge < -0.3 is 15.1 Å². The van der Waals surface area contributed by atoms with Crippen LogP contribution < -0.4 is 10.2 Å². The number of benzene rings is 3. The summed E-state index contributed by atoms with van der Waals surface area (Å²) in [6.07, 6.45) is 0. The Morgan fingerprint density at radius 1 is 0.862 bits per heavy atom. The average Bonchev–Trinajstić information content (AvgIpc) is 2.75. The molecule has 3 aromatic carbocycles. The van der Waals surface area contributed by atoms with Gasteiger partial charge in [-0.15, -0.1) is 0 Å². The van der Waals surface area contributed by atoms with E-state index in [1.54, 1.807) is 48.2 Å². The average molecular weight is 387 g/mol. The van der Waals surface area contributed by atoms with Crippen molar-refractivity contribution in [3.63, 3.8) is 0 Å². The molecule has 148 valence electrons. The lowest BCUT2D eigenvalue weighted by molar-refractivity contribution is 0.0993. The number of anilines is 2. The highest BCUT2D eigenvalue weighted by molar-refractivity contribution is 6.06. The molecule has 0 atom stereocenters. The summed E-state index contributed by atoms with van der Waals surface area (Å²) in [5.41, 5.74) is 4.14. The number of rotatable bonds is 5. The van der Waals surface area contributed by atoms with Gasteiger partial charge in [0.2, 0.25) is 0 Å². The van der Waals surface area contributed by atoms with Crippen LogP contribution in [-0.2, 0) is 6.54 Å². The number of amides is 3. The molecule has 3 aromatic rings. The van der Waals surface area contributed by atoms with Crippen molar-refractivity contribution in [1.82, 2.24) is 4.90 Å². The molecule has 0 aliphatic heterocycles. The predicted molar refractivity (Wildman–Crippen MR) is 117 cm³/mol. The summed E-state index contributed by atoms with van der Waals surface area (Å²) in [5, 5.41) is 2.87. The van der Waals surface area contributed by atoms with Gasteiger partial charge in [-0.2, -0.15) is 0 Å². The van der Waals surface area contributed by atoms with Gasteiger partial charge in [0.15, 0.2) is 0 Å².